The first kappa shape index (κ1) is 25.9. The maximum atomic E-state index is 13.4. The van der Waals surface area contributed by atoms with Crippen molar-refractivity contribution in [3.8, 4) is 0 Å². The van der Waals surface area contributed by atoms with Gasteiger partial charge in [-0.15, -0.1) is 0 Å². The second-order valence-corrected chi connectivity index (χ2v) is 10.3. The van der Waals surface area contributed by atoms with Gasteiger partial charge in [-0.1, -0.05) is 59.3 Å². The molecule has 0 bridgehead atoms. The number of rotatable bonds is 10. The largest absolute Gasteiger partial charge is 0.352 e. The van der Waals surface area contributed by atoms with Gasteiger partial charge in [-0.05, 0) is 61.9 Å². The van der Waals surface area contributed by atoms with Gasteiger partial charge in [0.2, 0.25) is 11.8 Å². The van der Waals surface area contributed by atoms with E-state index in [9.17, 15) is 14.4 Å². The zero-order valence-electron chi connectivity index (χ0n) is 21.0. The number of carbonyl (C=O) groups excluding carboxylic acids is 3. The number of carbonyl (C=O) groups is 3. The number of nitrogens with zero attached hydrogens (tertiary/aromatic N) is 2. The standard InChI is InChI=1S/C29H32BrN3O3/c1-4-19(2)31-28(35)20(3)33(18-21-13-15-23(30)16-14-21)26(34)12-7-17-32-25-11-6-9-22-8-5-10-24(27(22)25)29(32)36/h5-6,8-11,13-16,19-20H,4,7,12,17-18H2,1-3H3,(H,31,35)/t19-,20+/m0/s1. The van der Waals surface area contributed by atoms with E-state index in [0.717, 1.165) is 32.9 Å². The number of halogens is 1. The molecule has 7 heteroatoms. The molecule has 0 saturated carbocycles. The van der Waals surface area contributed by atoms with E-state index in [-0.39, 0.29) is 30.2 Å². The number of benzene rings is 3. The fourth-order valence-corrected chi connectivity index (χ4v) is 4.83. The van der Waals surface area contributed by atoms with E-state index in [2.05, 4.69) is 21.2 Å². The normalized spacial score (nSPS) is 14.1. The van der Waals surface area contributed by atoms with Crippen molar-refractivity contribution in [1.82, 2.24) is 10.2 Å². The number of hydrogen-bond acceptors (Lipinski definition) is 3. The second kappa shape index (κ2) is 11.2. The average molecular weight is 550 g/mol. The molecular weight excluding hydrogens is 518 g/mol. The quantitative estimate of drug-likeness (QED) is 0.354. The first-order valence-electron chi connectivity index (χ1n) is 12.5. The predicted molar refractivity (Wildman–Crippen MR) is 147 cm³/mol. The van der Waals surface area contributed by atoms with Gasteiger partial charge in [0.15, 0.2) is 0 Å². The van der Waals surface area contributed by atoms with Crippen LogP contribution in [0.15, 0.2) is 65.1 Å². The van der Waals surface area contributed by atoms with E-state index in [0.29, 0.717) is 25.1 Å². The molecule has 0 saturated heterocycles. The third-order valence-corrected chi connectivity index (χ3v) is 7.38. The fraction of sp³-hybridized carbons (Fsp3) is 0.345. The summed E-state index contributed by atoms with van der Waals surface area (Å²) in [6, 6.07) is 18.9. The minimum atomic E-state index is -0.610. The SMILES string of the molecule is CC[C@H](C)NC(=O)[C@@H](C)N(Cc1ccc(Br)cc1)C(=O)CCCN1C(=O)c2cccc3cccc1c23. The fourth-order valence-electron chi connectivity index (χ4n) is 4.57. The van der Waals surface area contributed by atoms with Crippen LogP contribution in [0.3, 0.4) is 0 Å². The van der Waals surface area contributed by atoms with E-state index >= 15 is 0 Å². The first-order valence-corrected chi connectivity index (χ1v) is 13.3. The van der Waals surface area contributed by atoms with Gasteiger partial charge in [0.1, 0.15) is 6.04 Å². The summed E-state index contributed by atoms with van der Waals surface area (Å²) in [5.74, 6) is -0.291. The molecule has 3 aromatic rings. The highest BCUT2D eigenvalue weighted by molar-refractivity contribution is 9.10. The zero-order valence-corrected chi connectivity index (χ0v) is 22.5. The monoisotopic (exact) mass is 549 g/mol. The van der Waals surface area contributed by atoms with Crippen LogP contribution in [0.25, 0.3) is 10.8 Å². The lowest BCUT2D eigenvalue weighted by Crippen LogP contribution is -2.49. The topological polar surface area (TPSA) is 69.7 Å². The molecule has 0 fully saturated rings. The lowest BCUT2D eigenvalue weighted by atomic mass is 10.1. The Kier molecular flexibility index (Phi) is 8.09. The van der Waals surface area contributed by atoms with Crippen molar-refractivity contribution >= 4 is 50.1 Å². The summed E-state index contributed by atoms with van der Waals surface area (Å²) < 4.78 is 0.956. The summed E-state index contributed by atoms with van der Waals surface area (Å²) in [6.45, 7) is 6.53. The molecule has 1 aliphatic heterocycles. The summed E-state index contributed by atoms with van der Waals surface area (Å²) in [6.07, 6.45) is 1.57. The van der Waals surface area contributed by atoms with Crippen LogP contribution in [-0.4, -0.2) is 41.2 Å². The smallest absolute Gasteiger partial charge is 0.258 e. The summed E-state index contributed by atoms with van der Waals surface area (Å²) in [5, 5.41) is 5.01. The van der Waals surface area contributed by atoms with Crippen molar-refractivity contribution in [3.63, 3.8) is 0 Å². The van der Waals surface area contributed by atoms with Crippen molar-refractivity contribution in [3.05, 3.63) is 76.3 Å². The molecule has 3 aromatic carbocycles. The van der Waals surface area contributed by atoms with E-state index < -0.39 is 6.04 Å². The van der Waals surface area contributed by atoms with E-state index in [1.54, 1.807) is 16.7 Å². The van der Waals surface area contributed by atoms with Crippen LogP contribution < -0.4 is 10.2 Å². The minimum Gasteiger partial charge on any atom is -0.352 e. The number of anilines is 1. The molecule has 3 amide bonds. The predicted octanol–water partition coefficient (Wildman–Crippen LogP) is 5.67. The Balaban J connectivity index is 1.46. The lowest BCUT2D eigenvalue weighted by Gasteiger charge is -2.30. The number of hydrogen-bond donors (Lipinski definition) is 1. The number of amides is 3. The molecule has 36 heavy (non-hydrogen) atoms. The molecule has 188 valence electrons. The molecule has 1 N–H and O–H groups in total. The molecule has 0 aromatic heterocycles. The van der Waals surface area contributed by atoms with Crippen LogP contribution in [0.2, 0.25) is 0 Å². The third kappa shape index (κ3) is 5.46. The Morgan fingerprint density at radius 1 is 1.03 bits per heavy atom. The van der Waals surface area contributed by atoms with Crippen LogP contribution in [0, 0.1) is 0 Å². The summed E-state index contributed by atoms with van der Waals surface area (Å²) >= 11 is 3.44. The number of nitrogens with one attached hydrogen (secondary N) is 1. The van der Waals surface area contributed by atoms with Gasteiger partial charge < -0.3 is 15.1 Å². The zero-order chi connectivity index (χ0) is 25.8. The van der Waals surface area contributed by atoms with E-state index in [4.69, 9.17) is 0 Å². The molecular formula is C29H32BrN3O3. The first-order chi connectivity index (χ1) is 17.3. The Hall–Kier alpha value is -3.19. The summed E-state index contributed by atoms with van der Waals surface area (Å²) in [4.78, 5) is 42.8. The molecule has 1 aliphatic rings. The highest BCUT2D eigenvalue weighted by Crippen LogP contribution is 2.37. The highest BCUT2D eigenvalue weighted by atomic mass is 79.9. The van der Waals surface area contributed by atoms with Crippen LogP contribution in [-0.2, 0) is 16.1 Å². The minimum absolute atomic E-state index is 0.0257. The maximum Gasteiger partial charge on any atom is 0.258 e. The molecule has 0 aliphatic carbocycles. The van der Waals surface area contributed by atoms with Gasteiger partial charge in [0.05, 0.1) is 5.69 Å². The second-order valence-electron chi connectivity index (χ2n) is 9.38. The van der Waals surface area contributed by atoms with Crippen molar-refractivity contribution in [1.29, 1.82) is 0 Å². The Morgan fingerprint density at radius 2 is 1.72 bits per heavy atom. The molecule has 2 atom stereocenters. The van der Waals surface area contributed by atoms with Gasteiger partial charge in [-0.25, -0.2) is 0 Å². The lowest BCUT2D eigenvalue weighted by molar-refractivity contribution is -0.140. The van der Waals surface area contributed by atoms with Crippen LogP contribution >= 0.6 is 15.9 Å². The van der Waals surface area contributed by atoms with Gasteiger partial charge in [-0.3, -0.25) is 14.4 Å². The molecule has 6 nitrogen and oxygen atoms in total. The van der Waals surface area contributed by atoms with E-state index in [1.165, 1.54) is 0 Å². The molecule has 0 radical (unpaired) electrons. The molecule has 0 unspecified atom stereocenters. The van der Waals surface area contributed by atoms with E-state index in [1.807, 2.05) is 74.5 Å². The van der Waals surface area contributed by atoms with Gasteiger partial charge in [-0.2, -0.15) is 0 Å². The van der Waals surface area contributed by atoms with Crippen LogP contribution in [0.4, 0.5) is 5.69 Å². The van der Waals surface area contributed by atoms with Gasteiger partial charge >= 0.3 is 0 Å². The Bertz CT molecular complexity index is 1270. The third-order valence-electron chi connectivity index (χ3n) is 6.86. The van der Waals surface area contributed by atoms with Crippen molar-refractivity contribution in [2.45, 2.75) is 58.7 Å². The van der Waals surface area contributed by atoms with Crippen LogP contribution in [0.1, 0.15) is 56.0 Å². The maximum absolute atomic E-state index is 13.4. The summed E-state index contributed by atoms with van der Waals surface area (Å²) in [7, 11) is 0. The molecule has 1 heterocycles. The van der Waals surface area contributed by atoms with Crippen molar-refractivity contribution in [2.75, 3.05) is 11.4 Å². The average Bonchev–Trinajstić information content (AvgIpc) is 3.15. The Morgan fingerprint density at radius 3 is 2.42 bits per heavy atom. The van der Waals surface area contributed by atoms with Crippen molar-refractivity contribution < 1.29 is 14.4 Å². The summed E-state index contributed by atoms with van der Waals surface area (Å²) in [5.41, 5.74) is 2.56. The van der Waals surface area contributed by atoms with Gasteiger partial charge in [0, 0.05) is 41.0 Å². The van der Waals surface area contributed by atoms with Crippen molar-refractivity contribution in [2.24, 2.45) is 0 Å². The highest BCUT2D eigenvalue weighted by Gasteiger charge is 2.30. The van der Waals surface area contributed by atoms with Gasteiger partial charge in [0.25, 0.3) is 5.91 Å². The molecule has 4 rings (SSSR count). The molecule has 0 spiro atoms. The van der Waals surface area contributed by atoms with Crippen LogP contribution in [0.5, 0.6) is 0 Å². The Labute approximate surface area is 220 Å².